The smallest absolute Gasteiger partial charge is 0.294 e. The van der Waals surface area contributed by atoms with Crippen molar-refractivity contribution in [3.8, 4) is 16.9 Å². The first-order valence-corrected chi connectivity index (χ1v) is 9.69. The van der Waals surface area contributed by atoms with Gasteiger partial charge < -0.3 is 14.5 Å². The molecule has 5 heteroatoms. The monoisotopic (exact) mass is 398 g/mol. The first-order valence-electron chi connectivity index (χ1n) is 9.69. The van der Waals surface area contributed by atoms with E-state index in [1.807, 2.05) is 79.7 Å². The molecule has 0 spiro atoms. The zero-order valence-corrected chi connectivity index (χ0v) is 16.9. The van der Waals surface area contributed by atoms with Crippen molar-refractivity contribution in [3.05, 3.63) is 95.8 Å². The quantitative estimate of drug-likeness (QED) is 0.386. The van der Waals surface area contributed by atoms with Crippen molar-refractivity contribution in [3.63, 3.8) is 0 Å². The van der Waals surface area contributed by atoms with Crippen LogP contribution < -0.4 is 10.1 Å². The molecule has 0 saturated carbocycles. The van der Waals surface area contributed by atoms with Crippen LogP contribution in [0.5, 0.6) is 5.75 Å². The molecule has 0 aliphatic rings. The van der Waals surface area contributed by atoms with E-state index in [-0.39, 0.29) is 6.54 Å². The normalized spacial score (nSPS) is 10.7. The number of hydrogen-bond acceptors (Lipinski definition) is 3. The molecule has 2 aromatic heterocycles. The van der Waals surface area contributed by atoms with Crippen LogP contribution in [0.4, 0.5) is 0 Å². The second-order valence-corrected chi connectivity index (χ2v) is 7.13. The van der Waals surface area contributed by atoms with Crippen LogP contribution in [0, 0.1) is 6.92 Å². The van der Waals surface area contributed by atoms with Gasteiger partial charge in [-0.2, -0.15) is 0 Å². The number of carbonyl (C=O) groups is 2. The van der Waals surface area contributed by atoms with Crippen LogP contribution in [-0.4, -0.2) is 23.2 Å². The minimum atomic E-state index is -0.636. The topological polar surface area (TPSA) is 59.8 Å². The highest BCUT2D eigenvalue weighted by Crippen LogP contribution is 2.28. The Morgan fingerprint density at radius 1 is 0.967 bits per heavy atom. The van der Waals surface area contributed by atoms with Gasteiger partial charge in [0, 0.05) is 23.8 Å². The summed E-state index contributed by atoms with van der Waals surface area (Å²) in [6, 6.07) is 22.9. The Morgan fingerprint density at radius 3 is 2.40 bits per heavy atom. The van der Waals surface area contributed by atoms with Crippen molar-refractivity contribution < 1.29 is 14.3 Å². The van der Waals surface area contributed by atoms with Crippen molar-refractivity contribution in [2.45, 2.75) is 13.5 Å². The molecule has 0 fully saturated rings. The number of aromatic nitrogens is 1. The van der Waals surface area contributed by atoms with Crippen molar-refractivity contribution in [1.82, 2.24) is 9.72 Å². The molecule has 4 aromatic rings. The SMILES string of the molecule is COc1ccc(CNC(=O)C(=O)c2c(-c3ccc(C)cc3)cc3ccccn23)cc1. The number of carbonyl (C=O) groups excluding carboxylic acids is 2. The summed E-state index contributed by atoms with van der Waals surface area (Å²) < 4.78 is 6.91. The molecular weight excluding hydrogens is 376 g/mol. The van der Waals surface area contributed by atoms with Crippen LogP contribution in [0.25, 0.3) is 16.6 Å². The summed E-state index contributed by atoms with van der Waals surface area (Å²) in [6.45, 7) is 2.27. The lowest BCUT2D eigenvalue weighted by molar-refractivity contribution is -0.117. The summed E-state index contributed by atoms with van der Waals surface area (Å²) in [4.78, 5) is 25.9. The summed E-state index contributed by atoms with van der Waals surface area (Å²) >= 11 is 0. The summed E-state index contributed by atoms with van der Waals surface area (Å²) in [5, 5.41) is 2.73. The van der Waals surface area contributed by atoms with E-state index in [1.165, 1.54) is 0 Å². The molecule has 0 bridgehead atoms. The molecule has 0 atom stereocenters. The van der Waals surface area contributed by atoms with Gasteiger partial charge in [0.05, 0.1) is 7.11 Å². The van der Waals surface area contributed by atoms with E-state index < -0.39 is 11.7 Å². The van der Waals surface area contributed by atoms with Crippen LogP contribution in [0.2, 0.25) is 0 Å². The average molecular weight is 398 g/mol. The largest absolute Gasteiger partial charge is 0.497 e. The van der Waals surface area contributed by atoms with Crippen molar-refractivity contribution in [1.29, 1.82) is 0 Å². The number of nitrogens with zero attached hydrogens (tertiary/aromatic N) is 1. The lowest BCUT2D eigenvalue weighted by Crippen LogP contribution is -2.31. The molecule has 1 amide bonds. The predicted octanol–water partition coefficient (Wildman–Crippen LogP) is 4.42. The highest BCUT2D eigenvalue weighted by atomic mass is 16.5. The van der Waals surface area contributed by atoms with Crippen molar-refractivity contribution >= 4 is 17.2 Å². The Labute approximate surface area is 174 Å². The maximum absolute atomic E-state index is 13.1. The molecule has 1 N–H and O–H groups in total. The number of nitrogens with one attached hydrogen (secondary N) is 1. The number of rotatable bonds is 6. The van der Waals surface area contributed by atoms with Gasteiger partial charge in [-0.05, 0) is 48.4 Å². The predicted molar refractivity (Wildman–Crippen MR) is 117 cm³/mol. The molecule has 2 aromatic carbocycles. The van der Waals surface area contributed by atoms with Gasteiger partial charge in [-0.25, -0.2) is 0 Å². The number of fused-ring (bicyclic) bond motifs is 1. The van der Waals surface area contributed by atoms with Crippen LogP contribution in [0.1, 0.15) is 21.6 Å². The number of benzene rings is 2. The van der Waals surface area contributed by atoms with Gasteiger partial charge in [0.25, 0.3) is 11.7 Å². The van der Waals surface area contributed by atoms with Gasteiger partial charge in [0.2, 0.25) is 0 Å². The van der Waals surface area contributed by atoms with Gasteiger partial charge in [0.1, 0.15) is 11.4 Å². The van der Waals surface area contributed by atoms with E-state index in [9.17, 15) is 9.59 Å². The standard InChI is InChI=1S/C25H22N2O3/c1-17-6-10-19(11-7-17)22-15-20-5-3-4-14-27(20)23(22)24(28)25(29)26-16-18-8-12-21(30-2)13-9-18/h3-15H,16H2,1-2H3,(H,26,29). The molecule has 0 saturated heterocycles. The van der Waals surface area contributed by atoms with Gasteiger partial charge >= 0.3 is 0 Å². The lowest BCUT2D eigenvalue weighted by atomic mass is 10.0. The fourth-order valence-corrected chi connectivity index (χ4v) is 3.42. The maximum Gasteiger partial charge on any atom is 0.294 e. The highest BCUT2D eigenvalue weighted by molar-refractivity contribution is 6.43. The number of methoxy groups -OCH3 is 1. The van der Waals surface area contributed by atoms with Crippen LogP contribution in [0.3, 0.4) is 0 Å². The molecular formula is C25H22N2O3. The Balaban J connectivity index is 1.63. The summed E-state index contributed by atoms with van der Waals surface area (Å²) in [5.74, 6) is -0.461. The average Bonchev–Trinajstić information content (AvgIpc) is 3.17. The van der Waals surface area contributed by atoms with E-state index in [4.69, 9.17) is 4.74 Å². The van der Waals surface area contributed by atoms with Gasteiger partial charge in [-0.15, -0.1) is 0 Å². The molecule has 0 unspecified atom stereocenters. The minimum Gasteiger partial charge on any atom is -0.497 e. The fraction of sp³-hybridized carbons (Fsp3) is 0.120. The van der Waals surface area contributed by atoms with Crippen LogP contribution in [0.15, 0.2) is 79.0 Å². The molecule has 2 heterocycles. The zero-order chi connectivity index (χ0) is 21.1. The maximum atomic E-state index is 13.1. The summed E-state index contributed by atoms with van der Waals surface area (Å²) in [6.07, 6.45) is 1.80. The Bertz CT molecular complexity index is 1210. The van der Waals surface area contributed by atoms with Crippen LogP contribution >= 0.6 is 0 Å². The van der Waals surface area contributed by atoms with E-state index in [2.05, 4.69) is 5.32 Å². The Hall–Kier alpha value is -3.86. The van der Waals surface area contributed by atoms with E-state index in [0.717, 1.165) is 33.5 Å². The third kappa shape index (κ3) is 3.82. The number of aryl methyl sites for hydroxylation is 1. The minimum absolute atomic E-state index is 0.262. The summed E-state index contributed by atoms with van der Waals surface area (Å²) in [7, 11) is 1.60. The Kier molecular flexibility index (Phi) is 5.35. The molecule has 30 heavy (non-hydrogen) atoms. The van der Waals surface area contributed by atoms with E-state index in [0.29, 0.717) is 5.69 Å². The molecule has 4 rings (SSSR count). The molecule has 150 valence electrons. The first kappa shape index (κ1) is 19.5. The van der Waals surface area contributed by atoms with E-state index >= 15 is 0 Å². The van der Waals surface area contributed by atoms with Gasteiger partial charge in [-0.1, -0.05) is 48.0 Å². The molecule has 0 aliphatic heterocycles. The summed E-state index contributed by atoms with van der Waals surface area (Å²) in [5.41, 5.74) is 4.88. The van der Waals surface area contributed by atoms with Crippen molar-refractivity contribution in [2.75, 3.05) is 7.11 Å². The third-order valence-electron chi connectivity index (χ3n) is 5.08. The van der Waals surface area contributed by atoms with Gasteiger partial charge in [-0.3, -0.25) is 9.59 Å². The number of ether oxygens (including phenoxy) is 1. The fourth-order valence-electron chi connectivity index (χ4n) is 3.42. The van der Waals surface area contributed by atoms with Crippen molar-refractivity contribution in [2.24, 2.45) is 0 Å². The van der Waals surface area contributed by atoms with Gasteiger partial charge in [0.15, 0.2) is 0 Å². The lowest BCUT2D eigenvalue weighted by Gasteiger charge is -2.08. The van der Waals surface area contributed by atoms with Crippen LogP contribution in [-0.2, 0) is 11.3 Å². The zero-order valence-electron chi connectivity index (χ0n) is 16.9. The second kappa shape index (κ2) is 8.25. The number of pyridine rings is 1. The highest BCUT2D eigenvalue weighted by Gasteiger charge is 2.24. The number of hydrogen-bond donors (Lipinski definition) is 1. The second-order valence-electron chi connectivity index (χ2n) is 7.13. The molecule has 0 aliphatic carbocycles. The molecule has 5 nitrogen and oxygen atoms in total. The number of Topliss-reactive ketones (excluding diaryl/α,β-unsaturated/α-hetero) is 1. The number of amides is 1. The first-order chi connectivity index (χ1) is 14.6. The Morgan fingerprint density at radius 2 is 1.70 bits per heavy atom. The third-order valence-corrected chi connectivity index (χ3v) is 5.08. The molecule has 0 radical (unpaired) electrons. The van der Waals surface area contributed by atoms with E-state index in [1.54, 1.807) is 17.7 Å². The number of ketones is 1.